The van der Waals surface area contributed by atoms with Crippen molar-refractivity contribution in [3.05, 3.63) is 30.1 Å². The van der Waals surface area contributed by atoms with Gasteiger partial charge >= 0.3 is 0 Å². The number of carbonyl (C=O) groups excluding carboxylic acids is 1. The molecule has 0 aromatic carbocycles. The molecule has 0 radical (unpaired) electrons. The molecule has 0 aliphatic carbocycles. The van der Waals surface area contributed by atoms with Crippen LogP contribution in [0.5, 0.6) is 0 Å². The van der Waals surface area contributed by atoms with Gasteiger partial charge in [-0.2, -0.15) is 0 Å². The van der Waals surface area contributed by atoms with Crippen molar-refractivity contribution >= 4 is 5.91 Å². The lowest BCUT2D eigenvalue weighted by molar-refractivity contribution is -0.129. The highest BCUT2D eigenvalue weighted by atomic mass is 16.2. The minimum Gasteiger partial charge on any atom is -0.346 e. The summed E-state index contributed by atoms with van der Waals surface area (Å²) in [5, 5.41) is 0. The smallest absolute Gasteiger partial charge is 0.222 e. The Hall–Kier alpha value is -1.42. The van der Waals surface area contributed by atoms with Crippen LogP contribution in [0.15, 0.2) is 24.5 Å². The highest BCUT2D eigenvalue weighted by Gasteiger charge is 2.34. The van der Waals surface area contributed by atoms with E-state index >= 15 is 0 Å². The predicted molar refractivity (Wildman–Crippen MR) is 66.5 cm³/mol. The van der Waals surface area contributed by atoms with Crippen molar-refractivity contribution in [3.63, 3.8) is 0 Å². The van der Waals surface area contributed by atoms with Crippen LogP contribution < -0.4 is 5.73 Å². The summed E-state index contributed by atoms with van der Waals surface area (Å²) in [5.74, 6) is 0.212. The predicted octanol–water partition coefficient (Wildman–Crippen LogP) is 0.920. The van der Waals surface area contributed by atoms with Crippen LogP contribution in [0.4, 0.5) is 0 Å². The van der Waals surface area contributed by atoms with Gasteiger partial charge in [-0.25, -0.2) is 0 Å². The molecule has 17 heavy (non-hydrogen) atoms. The lowest BCUT2D eigenvalue weighted by Gasteiger charge is -2.31. The summed E-state index contributed by atoms with van der Waals surface area (Å²) in [6.07, 6.45) is 5.95. The zero-order valence-electron chi connectivity index (χ0n) is 10.2. The number of carbonyl (C=O) groups is 1. The summed E-state index contributed by atoms with van der Waals surface area (Å²) in [6.45, 7) is 1.34. The van der Waals surface area contributed by atoms with Crippen molar-refractivity contribution < 1.29 is 4.79 Å². The molecule has 0 bridgehead atoms. The molecule has 1 unspecified atom stereocenters. The molecule has 1 fully saturated rings. The Morgan fingerprint density at radius 3 is 3.00 bits per heavy atom. The van der Waals surface area contributed by atoms with Gasteiger partial charge in [-0.1, -0.05) is 6.07 Å². The fourth-order valence-corrected chi connectivity index (χ4v) is 2.46. The third kappa shape index (κ3) is 2.31. The summed E-state index contributed by atoms with van der Waals surface area (Å²) in [7, 11) is 1.86. The van der Waals surface area contributed by atoms with Gasteiger partial charge in [0.25, 0.3) is 0 Å². The second kappa shape index (κ2) is 4.84. The molecular weight excluding hydrogens is 214 g/mol. The van der Waals surface area contributed by atoms with Gasteiger partial charge in [0.15, 0.2) is 0 Å². The number of amides is 1. The van der Waals surface area contributed by atoms with E-state index < -0.39 is 0 Å². The zero-order valence-corrected chi connectivity index (χ0v) is 10.2. The van der Waals surface area contributed by atoms with E-state index in [-0.39, 0.29) is 11.3 Å². The van der Waals surface area contributed by atoms with Gasteiger partial charge in [0, 0.05) is 44.4 Å². The van der Waals surface area contributed by atoms with Gasteiger partial charge in [-0.15, -0.1) is 0 Å². The lowest BCUT2D eigenvalue weighted by Crippen LogP contribution is -2.36. The van der Waals surface area contributed by atoms with Crippen molar-refractivity contribution in [3.8, 4) is 0 Å². The molecule has 0 saturated carbocycles. The topological polar surface area (TPSA) is 59.2 Å². The Labute approximate surface area is 102 Å². The Kier molecular flexibility index (Phi) is 3.43. The zero-order chi connectivity index (χ0) is 12.3. The molecule has 1 aromatic heterocycles. The van der Waals surface area contributed by atoms with Gasteiger partial charge in [0.05, 0.1) is 0 Å². The third-order valence-corrected chi connectivity index (χ3v) is 3.83. The molecule has 2 rings (SSSR count). The van der Waals surface area contributed by atoms with E-state index in [0.717, 1.165) is 24.9 Å². The molecule has 1 amide bonds. The van der Waals surface area contributed by atoms with Crippen LogP contribution >= 0.6 is 0 Å². The van der Waals surface area contributed by atoms with E-state index in [0.29, 0.717) is 13.0 Å². The first kappa shape index (κ1) is 12.0. The average Bonchev–Trinajstić information content (AvgIpc) is 2.53. The van der Waals surface area contributed by atoms with Crippen molar-refractivity contribution in [1.82, 2.24) is 9.88 Å². The largest absolute Gasteiger partial charge is 0.346 e. The molecule has 92 valence electrons. The van der Waals surface area contributed by atoms with Crippen LogP contribution in [-0.4, -0.2) is 35.9 Å². The van der Waals surface area contributed by atoms with Crippen molar-refractivity contribution in [2.75, 3.05) is 20.1 Å². The third-order valence-electron chi connectivity index (χ3n) is 3.83. The van der Waals surface area contributed by atoms with Crippen LogP contribution in [0.25, 0.3) is 0 Å². The minimum atomic E-state index is -0.0886. The number of nitrogens with two attached hydrogens (primary N) is 1. The molecule has 4 heteroatoms. The van der Waals surface area contributed by atoms with E-state index in [9.17, 15) is 4.79 Å². The Morgan fingerprint density at radius 2 is 2.35 bits per heavy atom. The molecule has 1 saturated heterocycles. The quantitative estimate of drug-likeness (QED) is 0.826. The number of hydrogen-bond donors (Lipinski definition) is 1. The van der Waals surface area contributed by atoms with Crippen molar-refractivity contribution in [2.45, 2.75) is 24.7 Å². The molecule has 4 nitrogen and oxygen atoms in total. The SMILES string of the molecule is CN1CCC(CN)(c2cccnc2)CCC1=O. The monoisotopic (exact) mass is 233 g/mol. The van der Waals surface area contributed by atoms with Crippen LogP contribution in [0.3, 0.4) is 0 Å². The molecule has 1 aromatic rings. The van der Waals surface area contributed by atoms with Crippen LogP contribution in [0.2, 0.25) is 0 Å². The number of pyridine rings is 1. The summed E-state index contributed by atoms with van der Waals surface area (Å²) in [6, 6.07) is 4.00. The fourth-order valence-electron chi connectivity index (χ4n) is 2.46. The summed E-state index contributed by atoms with van der Waals surface area (Å²) < 4.78 is 0. The molecule has 0 spiro atoms. The van der Waals surface area contributed by atoms with Gasteiger partial charge in [0.1, 0.15) is 0 Å². The minimum absolute atomic E-state index is 0.0886. The highest BCUT2D eigenvalue weighted by molar-refractivity contribution is 5.76. The summed E-state index contributed by atoms with van der Waals surface area (Å²) >= 11 is 0. The van der Waals surface area contributed by atoms with Gasteiger partial charge in [0.2, 0.25) is 5.91 Å². The molecule has 2 N–H and O–H groups in total. The lowest BCUT2D eigenvalue weighted by atomic mass is 9.75. The van der Waals surface area contributed by atoms with Crippen molar-refractivity contribution in [1.29, 1.82) is 0 Å². The standard InChI is InChI=1S/C13H19N3O/c1-16-8-6-13(10-14,5-4-12(16)17)11-3-2-7-15-9-11/h2-3,7,9H,4-6,8,10,14H2,1H3. The van der Waals surface area contributed by atoms with Crippen molar-refractivity contribution in [2.24, 2.45) is 5.73 Å². The normalized spacial score (nSPS) is 25.8. The fraction of sp³-hybridized carbons (Fsp3) is 0.538. The van der Waals surface area contributed by atoms with Crippen LogP contribution in [-0.2, 0) is 10.2 Å². The Morgan fingerprint density at radius 1 is 1.53 bits per heavy atom. The maximum Gasteiger partial charge on any atom is 0.222 e. The van der Waals surface area contributed by atoms with E-state index in [2.05, 4.69) is 11.1 Å². The molecule has 1 aliphatic heterocycles. The number of likely N-dealkylation sites (tertiary alicyclic amines) is 1. The second-order valence-corrected chi connectivity index (χ2v) is 4.79. The Bertz CT molecular complexity index is 393. The molecular formula is C13H19N3O. The number of rotatable bonds is 2. The maximum absolute atomic E-state index is 11.7. The first-order chi connectivity index (χ1) is 8.18. The second-order valence-electron chi connectivity index (χ2n) is 4.79. The highest BCUT2D eigenvalue weighted by Crippen LogP contribution is 2.34. The van der Waals surface area contributed by atoms with Crippen LogP contribution in [0, 0.1) is 0 Å². The molecule has 2 heterocycles. The first-order valence-electron chi connectivity index (χ1n) is 6.02. The maximum atomic E-state index is 11.7. The summed E-state index contributed by atoms with van der Waals surface area (Å²) in [4.78, 5) is 17.7. The number of aromatic nitrogens is 1. The number of hydrogen-bond acceptors (Lipinski definition) is 3. The summed E-state index contributed by atoms with van der Waals surface area (Å²) in [5.41, 5.74) is 7.04. The van der Waals surface area contributed by atoms with Crippen LogP contribution in [0.1, 0.15) is 24.8 Å². The van der Waals surface area contributed by atoms with Gasteiger partial charge in [-0.05, 0) is 24.5 Å². The van der Waals surface area contributed by atoms with E-state index in [1.54, 1.807) is 11.1 Å². The van der Waals surface area contributed by atoms with Gasteiger partial charge in [-0.3, -0.25) is 9.78 Å². The van der Waals surface area contributed by atoms with E-state index in [4.69, 9.17) is 5.73 Å². The van der Waals surface area contributed by atoms with E-state index in [1.165, 1.54) is 0 Å². The van der Waals surface area contributed by atoms with Gasteiger partial charge < -0.3 is 10.6 Å². The first-order valence-corrected chi connectivity index (χ1v) is 6.02. The molecule has 1 aliphatic rings. The molecule has 1 atom stereocenters. The number of nitrogens with zero attached hydrogens (tertiary/aromatic N) is 2. The average molecular weight is 233 g/mol. The Balaban J connectivity index is 2.29. The van der Waals surface area contributed by atoms with E-state index in [1.807, 2.05) is 19.3 Å².